The first-order chi connectivity index (χ1) is 8.51. The molecule has 0 heterocycles. The zero-order valence-corrected chi connectivity index (χ0v) is 14.4. The van der Waals surface area contributed by atoms with Crippen LogP contribution in [0.15, 0.2) is 0 Å². The zero-order chi connectivity index (χ0) is 14.8. The molecule has 2 unspecified atom stereocenters. The molecule has 0 radical (unpaired) electrons. The van der Waals surface area contributed by atoms with Crippen LogP contribution >= 0.6 is 0 Å². The van der Waals surface area contributed by atoms with Crippen LogP contribution in [0.3, 0.4) is 0 Å². The summed E-state index contributed by atoms with van der Waals surface area (Å²) < 4.78 is 0. The Balaban J connectivity index is 2.71. The van der Waals surface area contributed by atoms with Crippen LogP contribution in [0.25, 0.3) is 0 Å². The van der Waals surface area contributed by atoms with Gasteiger partial charge in [0.1, 0.15) is 0 Å². The summed E-state index contributed by atoms with van der Waals surface area (Å²) in [5, 5.41) is 0. The maximum Gasteiger partial charge on any atom is 0.00390 e. The molecule has 19 heavy (non-hydrogen) atoms. The van der Waals surface area contributed by atoms with Gasteiger partial charge in [0, 0.05) is 6.04 Å². The Kier molecular flexibility index (Phi) is 5.52. The molecule has 0 bridgehead atoms. The molecule has 1 heteroatoms. The molecule has 2 N–H and O–H groups in total. The fraction of sp³-hybridized carbons (Fsp3) is 1.00. The quantitative estimate of drug-likeness (QED) is 0.743. The van der Waals surface area contributed by atoms with E-state index in [0.29, 0.717) is 16.9 Å². The van der Waals surface area contributed by atoms with Crippen LogP contribution in [0.4, 0.5) is 0 Å². The van der Waals surface area contributed by atoms with Gasteiger partial charge in [0.25, 0.3) is 0 Å². The highest BCUT2D eigenvalue weighted by molar-refractivity contribution is 4.87. The minimum atomic E-state index is 0.406. The van der Waals surface area contributed by atoms with E-state index in [0.717, 1.165) is 17.8 Å². The van der Waals surface area contributed by atoms with Gasteiger partial charge in [-0.2, -0.15) is 0 Å². The molecule has 1 aliphatic carbocycles. The number of hydrogen-bond donors (Lipinski definition) is 1. The zero-order valence-electron chi connectivity index (χ0n) is 14.4. The van der Waals surface area contributed by atoms with E-state index in [1.54, 1.807) is 0 Å². The van der Waals surface area contributed by atoms with Gasteiger partial charge in [-0.3, -0.25) is 0 Å². The van der Waals surface area contributed by atoms with E-state index in [4.69, 9.17) is 5.73 Å². The summed E-state index contributed by atoms with van der Waals surface area (Å²) in [6.07, 6.45) is 6.58. The van der Waals surface area contributed by atoms with Crippen molar-refractivity contribution in [3.63, 3.8) is 0 Å². The summed E-state index contributed by atoms with van der Waals surface area (Å²) in [5.74, 6) is 2.49. The molecule has 1 rings (SSSR count). The van der Waals surface area contributed by atoms with Crippen LogP contribution in [0.5, 0.6) is 0 Å². The van der Waals surface area contributed by atoms with Gasteiger partial charge in [-0.1, -0.05) is 48.5 Å². The first-order valence-electron chi connectivity index (χ1n) is 8.27. The van der Waals surface area contributed by atoms with Crippen molar-refractivity contribution in [1.82, 2.24) is 0 Å². The SMILES string of the molecule is CC(C(CC1CCC(N)CC1)C(C)(C)C)C(C)(C)C. The first kappa shape index (κ1) is 17.0. The summed E-state index contributed by atoms with van der Waals surface area (Å²) in [6.45, 7) is 16.9. The van der Waals surface area contributed by atoms with E-state index in [1.807, 2.05) is 0 Å². The highest BCUT2D eigenvalue weighted by Crippen LogP contribution is 2.45. The predicted molar refractivity (Wildman–Crippen MR) is 86.1 cm³/mol. The Morgan fingerprint density at radius 1 is 0.895 bits per heavy atom. The van der Waals surface area contributed by atoms with Crippen molar-refractivity contribution in [1.29, 1.82) is 0 Å². The molecule has 1 nitrogen and oxygen atoms in total. The third-order valence-electron chi connectivity index (χ3n) is 5.56. The van der Waals surface area contributed by atoms with E-state index in [9.17, 15) is 0 Å². The highest BCUT2D eigenvalue weighted by Gasteiger charge is 2.37. The standard InChI is InChI=1S/C18H37N/c1-13(17(2,3)4)16(18(5,6)7)12-14-8-10-15(19)11-9-14/h13-16H,8-12,19H2,1-7H3. The molecule has 2 atom stereocenters. The lowest BCUT2D eigenvalue weighted by molar-refractivity contribution is 0.0564. The Morgan fingerprint density at radius 2 is 1.37 bits per heavy atom. The Hall–Kier alpha value is -0.0400. The largest absolute Gasteiger partial charge is 0.328 e. The topological polar surface area (TPSA) is 26.0 Å². The van der Waals surface area contributed by atoms with Crippen LogP contribution in [0.1, 0.15) is 80.6 Å². The average molecular weight is 268 g/mol. The Morgan fingerprint density at radius 3 is 1.74 bits per heavy atom. The summed E-state index contributed by atoms with van der Waals surface area (Å²) in [7, 11) is 0. The molecule has 0 spiro atoms. The van der Waals surface area contributed by atoms with Crippen LogP contribution in [-0.4, -0.2) is 6.04 Å². The Labute approximate surface area is 121 Å². The van der Waals surface area contributed by atoms with Crippen molar-refractivity contribution >= 4 is 0 Å². The van der Waals surface area contributed by atoms with Crippen molar-refractivity contribution in [2.45, 2.75) is 86.6 Å². The maximum atomic E-state index is 6.04. The second-order valence-corrected chi connectivity index (χ2v) is 9.14. The maximum absolute atomic E-state index is 6.04. The molecule has 0 aromatic carbocycles. The molecule has 0 saturated heterocycles. The average Bonchev–Trinajstić information content (AvgIpc) is 2.24. The molecule has 1 aliphatic rings. The lowest BCUT2D eigenvalue weighted by atomic mass is 9.61. The van der Waals surface area contributed by atoms with Gasteiger partial charge in [-0.25, -0.2) is 0 Å². The van der Waals surface area contributed by atoms with E-state index in [2.05, 4.69) is 48.5 Å². The fourth-order valence-electron chi connectivity index (χ4n) is 3.69. The van der Waals surface area contributed by atoms with Crippen LogP contribution in [0, 0.1) is 28.6 Å². The number of nitrogens with two attached hydrogens (primary N) is 1. The fourth-order valence-corrected chi connectivity index (χ4v) is 3.69. The van der Waals surface area contributed by atoms with E-state index >= 15 is 0 Å². The van der Waals surface area contributed by atoms with Crippen LogP contribution < -0.4 is 5.73 Å². The summed E-state index contributed by atoms with van der Waals surface area (Å²) >= 11 is 0. The molecule has 114 valence electrons. The van der Waals surface area contributed by atoms with Crippen LogP contribution in [-0.2, 0) is 0 Å². The number of rotatable bonds is 3. The van der Waals surface area contributed by atoms with Gasteiger partial charge in [-0.05, 0) is 60.7 Å². The van der Waals surface area contributed by atoms with Crippen molar-refractivity contribution in [3.8, 4) is 0 Å². The number of hydrogen-bond acceptors (Lipinski definition) is 1. The van der Waals surface area contributed by atoms with Gasteiger partial charge < -0.3 is 5.73 Å². The van der Waals surface area contributed by atoms with E-state index in [-0.39, 0.29) is 0 Å². The molecule has 0 aromatic heterocycles. The molecule has 0 amide bonds. The lowest BCUT2D eigenvalue weighted by Crippen LogP contribution is -2.37. The second kappa shape index (κ2) is 6.16. The first-order valence-corrected chi connectivity index (χ1v) is 8.27. The molecule has 1 fully saturated rings. The molecular formula is C18H37N. The Bertz CT molecular complexity index is 260. The van der Waals surface area contributed by atoms with Gasteiger partial charge in [0.05, 0.1) is 0 Å². The van der Waals surface area contributed by atoms with E-state index < -0.39 is 0 Å². The molecule has 0 aliphatic heterocycles. The minimum absolute atomic E-state index is 0.406. The third kappa shape index (κ3) is 5.10. The van der Waals surface area contributed by atoms with Crippen LogP contribution in [0.2, 0.25) is 0 Å². The normalized spacial score (nSPS) is 29.1. The monoisotopic (exact) mass is 267 g/mol. The van der Waals surface area contributed by atoms with Crippen molar-refractivity contribution in [3.05, 3.63) is 0 Å². The summed E-state index contributed by atoms with van der Waals surface area (Å²) in [4.78, 5) is 0. The lowest BCUT2D eigenvalue weighted by Gasteiger charge is -2.44. The van der Waals surface area contributed by atoms with Gasteiger partial charge in [0.15, 0.2) is 0 Å². The molecular weight excluding hydrogens is 230 g/mol. The van der Waals surface area contributed by atoms with Gasteiger partial charge in [-0.15, -0.1) is 0 Å². The van der Waals surface area contributed by atoms with E-state index in [1.165, 1.54) is 32.1 Å². The second-order valence-electron chi connectivity index (χ2n) is 9.14. The van der Waals surface area contributed by atoms with Gasteiger partial charge >= 0.3 is 0 Å². The van der Waals surface area contributed by atoms with Crippen molar-refractivity contribution in [2.75, 3.05) is 0 Å². The minimum Gasteiger partial charge on any atom is -0.328 e. The van der Waals surface area contributed by atoms with Gasteiger partial charge in [0.2, 0.25) is 0 Å². The third-order valence-corrected chi connectivity index (χ3v) is 5.56. The molecule has 1 saturated carbocycles. The van der Waals surface area contributed by atoms with Crippen molar-refractivity contribution < 1.29 is 0 Å². The highest BCUT2D eigenvalue weighted by atomic mass is 14.6. The predicted octanol–water partition coefficient (Wildman–Crippen LogP) is 5.24. The van der Waals surface area contributed by atoms with Crippen molar-refractivity contribution in [2.24, 2.45) is 34.3 Å². The molecule has 0 aromatic rings. The smallest absolute Gasteiger partial charge is 0.00390 e. The summed E-state index contributed by atoms with van der Waals surface area (Å²) in [5.41, 5.74) is 6.86. The summed E-state index contributed by atoms with van der Waals surface area (Å²) in [6, 6.07) is 0.476.